The molecule has 0 saturated heterocycles. The second-order valence-corrected chi connectivity index (χ2v) is 7.37. The number of thioether (sulfide) groups is 1. The van der Waals surface area contributed by atoms with Crippen LogP contribution in [0, 0.1) is 13.8 Å². The number of rotatable bonds is 8. The van der Waals surface area contributed by atoms with Crippen LogP contribution >= 0.6 is 11.8 Å². The predicted molar refractivity (Wildman–Crippen MR) is 115 cm³/mol. The second kappa shape index (κ2) is 9.53. The minimum absolute atomic E-state index is 0.143. The standard InChI is InChI=1S/C21H23N3O5S/c1-12-6-7-13(2)15(8-12)22-18(25)11-30-21-24-23-20(29-21)14-9-16(26-3)19(28-5)17(10-14)27-4/h6-10H,11H2,1-5H3,(H,22,25). The molecule has 1 amide bonds. The van der Waals surface area contributed by atoms with E-state index in [9.17, 15) is 4.79 Å². The first-order valence-electron chi connectivity index (χ1n) is 9.09. The quantitative estimate of drug-likeness (QED) is 0.535. The highest BCUT2D eigenvalue weighted by Crippen LogP contribution is 2.41. The van der Waals surface area contributed by atoms with Gasteiger partial charge in [0.05, 0.1) is 27.1 Å². The maximum Gasteiger partial charge on any atom is 0.277 e. The molecule has 158 valence electrons. The molecule has 0 atom stereocenters. The van der Waals surface area contributed by atoms with Gasteiger partial charge in [0, 0.05) is 11.3 Å². The molecule has 0 unspecified atom stereocenters. The Labute approximate surface area is 178 Å². The molecule has 1 N–H and O–H groups in total. The van der Waals surface area contributed by atoms with E-state index in [1.807, 2.05) is 32.0 Å². The van der Waals surface area contributed by atoms with Crippen LogP contribution in [0.2, 0.25) is 0 Å². The number of carbonyl (C=O) groups excluding carboxylic acids is 1. The predicted octanol–water partition coefficient (Wildman–Crippen LogP) is 4.11. The number of aryl methyl sites for hydroxylation is 2. The van der Waals surface area contributed by atoms with Crippen LogP contribution in [0.5, 0.6) is 17.2 Å². The summed E-state index contributed by atoms with van der Waals surface area (Å²) in [6.45, 7) is 3.93. The van der Waals surface area contributed by atoms with Crippen molar-refractivity contribution in [1.82, 2.24) is 10.2 Å². The summed E-state index contributed by atoms with van der Waals surface area (Å²) in [7, 11) is 4.60. The van der Waals surface area contributed by atoms with Gasteiger partial charge in [0.15, 0.2) is 11.5 Å². The largest absolute Gasteiger partial charge is 0.493 e. The smallest absolute Gasteiger partial charge is 0.277 e. The number of aromatic nitrogens is 2. The SMILES string of the molecule is COc1cc(-c2nnc(SCC(=O)Nc3cc(C)ccc3C)o2)cc(OC)c1OC. The Balaban J connectivity index is 1.69. The van der Waals surface area contributed by atoms with Gasteiger partial charge in [-0.25, -0.2) is 0 Å². The van der Waals surface area contributed by atoms with Gasteiger partial charge in [-0.3, -0.25) is 4.79 Å². The van der Waals surface area contributed by atoms with Crippen molar-refractivity contribution >= 4 is 23.4 Å². The van der Waals surface area contributed by atoms with Crippen LogP contribution in [-0.2, 0) is 4.79 Å². The molecule has 0 bridgehead atoms. The zero-order valence-electron chi connectivity index (χ0n) is 17.4. The summed E-state index contributed by atoms with van der Waals surface area (Å²) < 4.78 is 21.7. The molecule has 8 nitrogen and oxygen atoms in total. The van der Waals surface area contributed by atoms with Crippen molar-refractivity contribution in [3.63, 3.8) is 0 Å². The van der Waals surface area contributed by atoms with Gasteiger partial charge in [0.2, 0.25) is 17.5 Å². The van der Waals surface area contributed by atoms with E-state index in [1.54, 1.807) is 12.1 Å². The van der Waals surface area contributed by atoms with E-state index in [0.717, 1.165) is 28.6 Å². The third-order valence-electron chi connectivity index (χ3n) is 4.31. The van der Waals surface area contributed by atoms with E-state index >= 15 is 0 Å². The number of nitrogens with zero attached hydrogens (tertiary/aromatic N) is 2. The molecule has 0 aliphatic carbocycles. The van der Waals surface area contributed by atoms with Crippen LogP contribution < -0.4 is 19.5 Å². The molecule has 0 spiro atoms. The summed E-state index contributed by atoms with van der Waals surface area (Å²) in [5.41, 5.74) is 3.49. The van der Waals surface area contributed by atoms with Crippen molar-refractivity contribution in [2.75, 3.05) is 32.4 Å². The second-order valence-electron chi connectivity index (χ2n) is 6.44. The maximum absolute atomic E-state index is 12.3. The van der Waals surface area contributed by atoms with E-state index in [1.165, 1.54) is 21.3 Å². The van der Waals surface area contributed by atoms with Crippen LogP contribution in [0.1, 0.15) is 11.1 Å². The lowest BCUT2D eigenvalue weighted by Crippen LogP contribution is -2.14. The van der Waals surface area contributed by atoms with Gasteiger partial charge in [-0.05, 0) is 43.2 Å². The number of methoxy groups -OCH3 is 3. The third kappa shape index (κ3) is 4.85. The number of amides is 1. The number of carbonyl (C=O) groups is 1. The Hall–Kier alpha value is -3.20. The van der Waals surface area contributed by atoms with Crippen LogP contribution in [0.25, 0.3) is 11.5 Å². The number of nitrogens with one attached hydrogen (secondary N) is 1. The van der Waals surface area contributed by atoms with Crippen LogP contribution in [-0.4, -0.2) is 43.2 Å². The molecule has 0 fully saturated rings. The lowest BCUT2D eigenvalue weighted by Gasteiger charge is -2.12. The highest BCUT2D eigenvalue weighted by atomic mass is 32.2. The van der Waals surface area contributed by atoms with Crippen LogP contribution in [0.3, 0.4) is 0 Å². The summed E-state index contributed by atoms with van der Waals surface area (Å²) in [5.74, 6) is 1.71. The molecule has 0 radical (unpaired) electrons. The highest BCUT2D eigenvalue weighted by molar-refractivity contribution is 7.99. The number of anilines is 1. The minimum Gasteiger partial charge on any atom is -0.493 e. The molecule has 3 rings (SSSR count). The van der Waals surface area contributed by atoms with Crippen molar-refractivity contribution in [1.29, 1.82) is 0 Å². The summed E-state index contributed by atoms with van der Waals surface area (Å²) in [6.07, 6.45) is 0. The molecule has 0 aliphatic rings. The lowest BCUT2D eigenvalue weighted by molar-refractivity contribution is -0.113. The molecular formula is C21H23N3O5S. The van der Waals surface area contributed by atoms with E-state index in [4.69, 9.17) is 18.6 Å². The van der Waals surface area contributed by atoms with E-state index in [0.29, 0.717) is 22.8 Å². The van der Waals surface area contributed by atoms with Crippen molar-refractivity contribution < 1.29 is 23.4 Å². The summed E-state index contributed by atoms with van der Waals surface area (Å²) in [5, 5.41) is 11.3. The van der Waals surface area contributed by atoms with Crippen LogP contribution in [0.4, 0.5) is 5.69 Å². The number of hydrogen-bond acceptors (Lipinski definition) is 8. The average molecular weight is 429 g/mol. The monoisotopic (exact) mass is 429 g/mol. The van der Waals surface area contributed by atoms with Gasteiger partial charge in [-0.1, -0.05) is 23.9 Å². The van der Waals surface area contributed by atoms with Crippen molar-refractivity contribution in [3.05, 3.63) is 41.5 Å². The first kappa shape index (κ1) is 21.5. The van der Waals surface area contributed by atoms with Crippen molar-refractivity contribution in [2.24, 2.45) is 0 Å². The number of ether oxygens (including phenoxy) is 3. The molecule has 1 aromatic heterocycles. The van der Waals surface area contributed by atoms with E-state index in [-0.39, 0.29) is 22.8 Å². The fraction of sp³-hybridized carbons (Fsp3) is 0.286. The average Bonchev–Trinajstić information content (AvgIpc) is 3.22. The van der Waals surface area contributed by atoms with E-state index < -0.39 is 0 Å². The molecular weight excluding hydrogens is 406 g/mol. The van der Waals surface area contributed by atoms with Gasteiger partial charge in [0.1, 0.15) is 0 Å². The molecule has 0 saturated carbocycles. The Kier molecular flexibility index (Phi) is 6.83. The van der Waals surface area contributed by atoms with Gasteiger partial charge < -0.3 is 23.9 Å². The highest BCUT2D eigenvalue weighted by Gasteiger charge is 2.18. The van der Waals surface area contributed by atoms with Crippen molar-refractivity contribution in [2.45, 2.75) is 19.1 Å². The topological polar surface area (TPSA) is 95.7 Å². The zero-order chi connectivity index (χ0) is 21.7. The lowest BCUT2D eigenvalue weighted by atomic mass is 10.1. The van der Waals surface area contributed by atoms with Gasteiger partial charge in [-0.15, -0.1) is 10.2 Å². The van der Waals surface area contributed by atoms with Gasteiger partial charge >= 0.3 is 0 Å². The minimum atomic E-state index is -0.152. The molecule has 0 aliphatic heterocycles. The van der Waals surface area contributed by atoms with Crippen molar-refractivity contribution in [3.8, 4) is 28.7 Å². The molecule has 1 heterocycles. The summed E-state index contributed by atoms with van der Waals surface area (Å²) in [6, 6.07) is 9.35. The summed E-state index contributed by atoms with van der Waals surface area (Å²) >= 11 is 1.16. The number of hydrogen-bond donors (Lipinski definition) is 1. The fourth-order valence-electron chi connectivity index (χ4n) is 2.77. The van der Waals surface area contributed by atoms with Gasteiger partial charge in [0.25, 0.3) is 5.22 Å². The molecule has 9 heteroatoms. The normalized spacial score (nSPS) is 10.6. The van der Waals surface area contributed by atoms with Crippen LogP contribution in [0.15, 0.2) is 40.0 Å². The summed E-state index contributed by atoms with van der Waals surface area (Å²) in [4.78, 5) is 12.3. The molecule has 2 aromatic carbocycles. The Morgan fingerprint density at radius 3 is 2.37 bits per heavy atom. The Bertz CT molecular complexity index is 1030. The Morgan fingerprint density at radius 2 is 1.73 bits per heavy atom. The van der Waals surface area contributed by atoms with E-state index in [2.05, 4.69) is 15.5 Å². The molecule has 30 heavy (non-hydrogen) atoms. The van der Waals surface area contributed by atoms with Gasteiger partial charge in [-0.2, -0.15) is 0 Å². The zero-order valence-corrected chi connectivity index (χ0v) is 18.3. The first-order chi connectivity index (χ1) is 14.4. The molecule has 3 aromatic rings. The Morgan fingerprint density at radius 1 is 1.03 bits per heavy atom. The maximum atomic E-state index is 12.3. The number of benzene rings is 2. The third-order valence-corrected chi connectivity index (χ3v) is 5.13. The first-order valence-corrected chi connectivity index (χ1v) is 10.1. The fourth-order valence-corrected chi connectivity index (χ4v) is 3.34.